The van der Waals surface area contributed by atoms with Crippen LogP contribution in [0.4, 0.5) is 0 Å². The normalized spacial score (nSPS) is 12.2. The Labute approximate surface area is 127 Å². The molecule has 1 N–H and O–H groups in total. The third-order valence-corrected chi connectivity index (χ3v) is 5.92. The fourth-order valence-corrected chi connectivity index (χ4v) is 2.78. The molecule has 0 fully saturated rings. The van der Waals surface area contributed by atoms with Crippen LogP contribution in [0, 0.1) is 0 Å². The number of carboxylic acid groups (broad SMARTS) is 1. The molecule has 112 valence electrons. The zero-order valence-electron chi connectivity index (χ0n) is 11.5. The molecule has 0 aromatic heterocycles. The predicted molar refractivity (Wildman–Crippen MR) is 80.1 cm³/mol. The number of rotatable bonds is 5. The first-order valence-corrected chi connectivity index (χ1v) is 8.37. The first-order chi connectivity index (χ1) is 9.06. The van der Waals surface area contributed by atoms with Crippen LogP contribution in [0.1, 0.15) is 31.1 Å². The maximum absolute atomic E-state index is 11.9. The quantitative estimate of drug-likeness (QED) is 0.868. The number of benzene rings is 1. The van der Waals surface area contributed by atoms with Gasteiger partial charge in [-0.15, -0.1) is 0 Å². The van der Waals surface area contributed by atoms with Crippen molar-refractivity contribution in [3.63, 3.8) is 0 Å². The molecule has 0 saturated heterocycles. The van der Waals surface area contributed by atoms with Crippen LogP contribution in [-0.2, 0) is 9.84 Å². The van der Waals surface area contributed by atoms with Gasteiger partial charge in [-0.2, -0.15) is 0 Å². The summed E-state index contributed by atoms with van der Waals surface area (Å²) in [5.74, 6) is -1.15. The van der Waals surface area contributed by atoms with E-state index in [0.717, 1.165) is 0 Å². The first kappa shape index (κ1) is 17.0. The number of aromatic carboxylic acids is 1. The molecule has 5 nitrogen and oxygen atoms in total. The van der Waals surface area contributed by atoms with Crippen LogP contribution in [0.5, 0.6) is 5.75 Å². The summed E-state index contributed by atoms with van der Waals surface area (Å²) < 4.78 is 28.8. The zero-order valence-corrected chi connectivity index (χ0v) is 13.9. The van der Waals surface area contributed by atoms with E-state index >= 15 is 0 Å². The summed E-state index contributed by atoms with van der Waals surface area (Å²) >= 11 is 3.20. The Morgan fingerprint density at radius 2 is 1.95 bits per heavy atom. The lowest BCUT2D eigenvalue weighted by Gasteiger charge is -2.19. The summed E-state index contributed by atoms with van der Waals surface area (Å²) in [7, 11) is -3.30. The molecule has 0 bridgehead atoms. The molecule has 0 spiro atoms. The Hall–Kier alpha value is -1.08. The summed E-state index contributed by atoms with van der Waals surface area (Å²) in [5, 5.41) is 9.06. The van der Waals surface area contributed by atoms with Crippen molar-refractivity contribution in [2.24, 2.45) is 0 Å². The highest BCUT2D eigenvalue weighted by Gasteiger charge is 2.28. The molecular weight excluding hydrogens is 348 g/mol. The minimum absolute atomic E-state index is 0.00692. The molecule has 1 rings (SSSR count). The number of hydrogen-bond donors (Lipinski definition) is 1. The molecule has 1 aromatic carbocycles. The van der Waals surface area contributed by atoms with Crippen LogP contribution in [-0.4, -0.2) is 36.6 Å². The highest BCUT2D eigenvalue weighted by atomic mass is 79.9. The lowest BCUT2D eigenvalue weighted by molar-refractivity contribution is 0.0692. The standard InChI is InChI=1S/C13H17BrO5S/c1-13(2,3)20(17,18)8-7-19-11-9(12(15)16)5-4-6-10(11)14/h4-6H,7-8H2,1-3H3,(H,15,16). The molecule has 7 heteroatoms. The van der Waals surface area contributed by atoms with E-state index in [1.54, 1.807) is 32.9 Å². The van der Waals surface area contributed by atoms with Crippen LogP contribution < -0.4 is 4.74 Å². The predicted octanol–water partition coefficient (Wildman–Crippen LogP) is 2.74. The van der Waals surface area contributed by atoms with Gasteiger partial charge in [-0.3, -0.25) is 0 Å². The Morgan fingerprint density at radius 3 is 2.45 bits per heavy atom. The second-order valence-corrected chi connectivity index (χ2v) is 8.92. The Bertz CT molecular complexity index is 602. The van der Waals surface area contributed by atoms with Crippen LogP contribution in [0.3, 0.4) is 0 Å². The molecule has 0 radical (unpaired) electrons. The van der Waals surface area contributed by atoms with E-state index < -0.39 is 20.6 Å². The average molecular weight is 365 g/mol. The van der Waals surface area contributed by atoms with Crippen LogP contribution in [0.25, 0.3) is 0 Å². The molecule has 0 unspecified atom stereocenters. The highest BCUT2D eigenvalue weighted by molar-refractivity contribution is 9.10. The zero-order chi connectivity index (χ0) is 15.6. The number of halogens is 1. The number of sulfone groups is 1. The summed E-state index contributed by atoms with van der Waals surface area (Å²) in [6.45, 7) is 4.75. The average Bonchev–Trinajstić information content (AvgIpc) is 2.29. The van der Waals surface area contributed by atoms with Gasteiger partial charge in [0.05, 0.1) is 15.0 Å². The van der Waals surface area contributed by atoms with Gasteiger partial charge in [-0.05, 0) is 48.8 Å². The van der Waals surface area contributed by atoms with Gasteiger partial charge in [0.1, 0.15) is 17.9 Å². The van der Waals surface area contributed by atoms with Gasteiger partial charge >= 0.3 is 5.97 Å². The number of ether oxygens (including phenoxy) is 1. The monoisotopic (exact) mass is 364 g/mol. The van der Waals surface area contributed by atoms with Crippen molar-refractivity contribution in [3.8, 4) is 5.75 Å². The molecule has 0 aliphatic carbocycles. The Balaban J connectivity index is 2.85. The van der Waals surface area contributed by atoms with Gasteiger partial charge in [0.2, 0.25) is 0 Å². The topological polar surface area (TPSA) is 80.7 Å². The first-order valence-electron chi connectivity index (χ1n) is 5.93. The fraction of sp³-hybridized carbons (Fsp3) is 0.462. The second kappa shape index (κ2) is 6.13. The third-order valence-electron chi connectivity index (χ3n) is 2.73. The smallest absolute Gasteiger partial charge is 0.339 e. The van der Waals surface area contributed by atoms with Crippen molar-refractivity contribution < 1.29 is 23.1 Å². The minimum Gasteiger partial charge on any atom is -0.490 e. The molecule has 0 atom stereocenters. The van der Waals surface area contributed by atoms with Crippen molar-refractivity contribution in [3.05, 3.63) is 28.2 Å². The lowest BCUT2D eigenvalue weighted by Crippen LogP contribution is -2.32. The molecule has 20 heavy (non-hydrogen) atoms. The summed E-state index contributed by atoms with van der Waals surface area (Å²) in [6, 6.07) is 4.62. The van der Waals surface area contributed by atoms with Crippen LogP contribution in [0.15, 0.2) is 22.7 Å². The molecular formula is C13H17BrO5S. The maximum Gasteiger partial charge on any atom is 0.339 e. The summed E-state index contributed by atoms with van der Waals surface area (Å²) in [4.78, 5) is 11.1. The van der Waals surface area contributed by atoms with E-state index in [9.17, 15) is 13.2 Å². The van der Waals surface area contributed by atoms with Gasteiger partial charge in [-0.25, -0.2) is 13.2 Å². The van der Waals surface area contributed by atoms with Crippen molar-refractivity contribution in [1.82, 2.24) is 0 Å². The lowest BCUT2D eigenvalue weighted by atomic mass is 10.2. The molecule has 0 heterocycles. The summed E-state index contributed by atoms with van der Waals surface area (Å²) in [5.41, 5.74) is -0.00692. The largest absolute Gasteiger partial charge is 0.490 e. The van der Waals surface area contributed by atoms with E-state index in [2.05, 4.69) is 15.9 Å². The number of carboxylic acids is 1. The van der Waals surface area contributed by atoms with E-state index in [-0.39, 0.29) is 23.7 Å². The fourth-order valence-electron chi connectivity index (χ4n) is 1.38. The van der Waals surface area contributed by atoms with Gasteiger partial charge < -0.3 is 9.84 Å². The van der Waals surface area contributed by atoms with Crippen molar-refractivity contribution >= 4 is 31.7 Å². The van der Waals surface area contributed by atoms with Crippen molar-refractivity contribution in [2.75, 3.05) is 12.4 Å². The SMILES string of the molecule is CC(C)(C)S(=O)(=O)CCOc1c(Br)cccc1C(=O)O. The molecule has 0 saturated carbocycles. The highest BCUT2D eigenvalue weighted by Crippen LogP contribution is 2.29. The molecule has 0 aliphatic heterocycles. The van der Waals surface area contributed by atoms with E-state index in [4.69, 9.17) is 9.84 Å². The number of carbonyl (C=O) groups is 1. The number of hydrogen-bond acceptors (Lipinski definition) is 4. The molecule has 0 amide bonds. The van der Waals surface area contributed by atoms with Gasteiger partial charge in [0.15, 0.2) is 9.84 Å². The second-order valence-electron chi connectivity index (χ2n) is 5.20. The third kappa shape index (κ3) is 3.96. The molecule has 0 aliphatic rings. The van der Waals surface area contributed by atoms with Gasteiger partial charge in [-0.1, -0.05) is 6.07 Å². The van der Waals surface area contributed by atoms with Crippen molar-refractivity contribution in [2.45, 2.75) is 25.5 Å². The minimum atomic E-state index is -3.30. The van der Waals surface area contributed by atoms with E-state index in [1.807, 2.05) is 0 Å². The Morgan fingerprint density at radius 1 is 1.35 bits per heavy atom. The van der Waals surface area contributed by atoms with Gasteiger partial charge in [0, 0.05) is 0 Å². The number of para-hydroxylation sites is 1. The maximum atomic E-state index is 11.9. The summed E-state index contributed by atoms with van der Waals surface area (Å²) in [6.07, 6.45) is 0. The van der Waals surface area contributed by atoms with Crippen LogP contribution in [0.2, 0.25) is 0 Å². The van der Waals surface area contributed by atoms with E-state index in [0.29, 0.717) is 4.47 Å². The Kier molecular flexibility index (Phi) is 5.21. The van der Waals surface area contributed by atoms with Crippen LogP contribution >= 0.6 is 15.9 Å². The molecule has 1 aromatic rings. The van der Waals surface area contributed by atoms with E-state index in [1.165, 1.54) is 6.07 Å². The van der Waals surface area contributed by atoms with Crippen molar-refractivity contribution in [1.29, 1.82) is 0 Å². The van der Waals surface area contributed by atoms with Gasteiger partial charge in [0.25, 0.3) is 0 Å².